The van der Waals surface area contributed by atoms with Crippen LogP contribution >= 0.6 is 0 Å². The zero-order chi connectivity index (χ0) is 12.8. The summed E-state index contributed by atoms with van der Waals surface area (Å²) in [5, 5.41) is 0. The van der Waals surface area contributed by atoms with Crippen molar-refractivity contribution in [1.82, 2.24) is 0 Å². The first-order valence-corrected chi connectivity index (χ1v) is 5.80. The molecule has 0 amide bonds. The molecule has 0 aliphatic heterocycles. The van der Waals surface area contributed by atoms with Gasteiger partial charge in [-0.1, -0.05) is 42.5 Å². The summed E-state index contributed by atoms with van der Waals surface area (Å²) >= 11 is 0. The summed E-state index contributed by atoms with van der Waals surface area (Å²) in [5.74, 6) is -0.477. The van der Waals surface area contributed by atoms with Crippen LogP contribution < -0.4 is 0 Å². The van der Waals surface area contributed by atoms with E-state index in [-0.39, 0.29) is 0 Å². The van der Waals surface area contributed by atoms with Gasteiger partial charge in [-0.2, -0.15) is 4.89 Å². The van der Waals surface area contributed by atoms with Gasteiger partial charge in [-0.25, -0.2) is 4.79 Å². The van der Waals surface area contributed by atoms with Crippen LogP contribution in [0.15, 0.2) is 54.6 Å². The van der Waals surface area contributed by atoms with Gasteiger partial charge in [0.1, 0.15) is 0 Å². The highest BCUT2D eigenvalue weighted by Crippen LogP contribution is 2.20. The van der Waals surface area contributed by atoms with Crippen LogP contribution in [0.1, 0.15) is 17.3 Å². The second-order valence-corrected chi connectivity index (χ2v) is 3.72. The summed E-state index contributed by atoms with van der Waals surface area (Å²) in [4.78, 5) is 20.9. The lowest BCUT2D eigenvalue weighted by atomic mass is 10.0. The Kier molecular flexibility index (Phi) is 4.10. The molecule has 0 saturated carbocycles. The minimum atomic E-state index is -0.477. The minimum Gasteiger partial charge on any atom is -0.293 e. The smallest absolute Gasteiger partial charge is 0.293 e. The van der Waals surface area contributed by atoms with E-state index < -0.39 is 5.97 Å². The van der Waals surface area contributed by atoms with Gasteiger partial charge in [-0.05, 0) is 30.2 Å². The van der Waals surface area contributed by atoms with Crippen LogP contribution in [0.4, 0.5) is 0 Å². The van der Waals surface area contributed by atoms with E-state index in [0.717, 1.165) is 11.1 Å². The molecule has 0 aliphatic rings. The van der Waals surface area contributed by atoms with Crippen LogP contribution in [0.3, 0.4) is 0 Å². The lowest BCUT2D eigenvalue weighted by Crippen LogP contribution is -2.05. The monoisotopic (exact) mass is 242 g/mol. The SMILES string of the molecule is CCOOC(=O)c1cccc(-c2ccccc2)c1. The first-order valence-electron chi connectivity index (χ1n) is 5.80. The van der Waals surface area contributed by atoms with E-state index in [2.05, 4.69) is 9.78 Å². The van der Waals surface area contributed by atoms with Gasteiger partial charge in [0.25, 0.3) is 0 Å². The number of hydrogen-bond acceptors (Lipinski definition) is 3. The van der Waals surface area contributed by atoms with Crippen LogP contribution in [0.2, 0.25) is 0 Å². The summed E-state index contributed by atoms with van der Waals surface area (Å²) in [7, 11) is 0. The van der Waals surface area contributed by atoms with Crippen LogP contribution in [0.5, 0.6) is 0 Å². The zero-order valence-electron chi connectivity index (χ0n) is 10.1. The fourth-order valence-corrected chi connectivity index (χ4v) is 1.62. The molecule has 2 aromatic carbocycles. The first-order chi connectivity index (χ1) is 8.81. The predicted octanol–water partition coefficient (Wildman–Crippen LogP) is 3.46. The third kappa shape index (κ3) is 2.96. The van der Waals surface area contributed by atoms with Crippen LogP contribution in [0.25, 0.3) is 11.1 Å². The van der Waals surface area contributed by atoms with Gasteiger partial charge in [0, 0.05) is 0 Å². The maximum atomic E-state index is 11.6. The van der Waals surface area contributed by atoms with Gasteiger partial charge in [0.15, 0.2) is 0 Å². The Hall–Kier alpha value is -2.13. The van der Waals surface area contributed by atoms with Crippen molar-refractivity contribution in [3.8, 4) is 11.1 Å². The standard InChI is InChI=1S/C15H14O3/c1-2-17-18-15(16)14-10-6-9-13(11-14)12-7-4-3-5-8-12/h3-11H,2H2,1H3. The molecule has 0 aromatic heterocycles. The number of benzene rings is 2. The highest BCUT2D eigenvalue weighted by Gasteiger charge is 2.09. The second-order valence-electron chi connectivity index (χ2n) is 3.72. The molecule has 3 nitrogen and oxygen atoms in total. The molecule has 2 rings (SSSR count). The average molecular weight is 242 g/mol. The summed E-state index contributed by atoms with van der Waals surface area (Å²) < 4.78 is 0. The maximum absolute atomic E-state index is 11.6. The quantitative estimate of drug-likeness (QED) is 0.608. The lowest BCUT2D eigenvalue weighted by molar-refractivity contribution is -0.236. The van der Waals surface area contributed by atoms with Gasteiger partial charge in [-0.15, -0.1) is 0 Å². The topological polar surface area (TPSA) is 35.5 Å². The third-order valence-electron chi connectivity index (χ3n) is 2.46. The van der Waals surface area contributed by atoms with E-state index in [1.807, 2.05) is 42.5 Å². The van der Waals surface area contributed by atoms with Crippen molar-refractivity contribution >= 4 is 5.97 Å². The number of carbonyl (C=O) groups excluding carboxylic acids is 1. The fraction of sp³-hybridized carbons (Fsp3) is 0.133. The van der Waals surface area contributed by atoms with Crippen LogP contribution in [0, 0.1) is 0 Å². The normalized spacial score (nSPS) is 10.1. The molecule has 0 fully saturated rings. The van der Waals surface area contributed by atoms with E-state index in [0.29, 0.717) is 12.2 Å². The first kappa shape index (κ1) is 12.3. The molecular formula is C15H14O3. The molecule has 0 atom stereocenters. The van der Waals surface area contributed by atoms with Gasteiger partial charge in [0.2, 0.25) is 0 Å². The summed E-state index contributed by atoms with van der Waals surface area (Å²) in [6, 6.07) is 17.1. The van der Waals surface area contributed by atoms with Gasteiger partial charge < -0.3 is 0 Å². The highest BCUT2D eigenvalue weighted by atomic mass is 17.2. The van der Waals surface area contributed by atoms with Gasteiger partial charge in [-0.3, -0.25) is 4.89 Å². The Labute approximate surface area is 106 Å². The Balaban J connectivity index is 2.23. The zero-order valence-corrected chi connectivity index (χ0v) is 10.1. The summed E-state index contributed by atoms with van der Waals surface area (Å²) in [5.41, 5.74) is 2.51. The van der Waals surface area contributed by atoms with Crippen molar-refractivity contribution < 1.29 is 14.6 Å². The fourth-order valence-electron chi connectivity index (χ4n) is 1.62. The van der Waals surface area contributed by atoms with E-state index in [1.54, 1.807) is 19.1 Å². The Morgan fingerprint density at radius 2 is 1.72 bits per heavy atom. The molecule has 0 saturated heterocycles. The second kappa shape index (κ2) is 5.98. The van der Waals surface area contributed by atoms with Gasteiger partial charge in [0.05, 0.1) is 12.2 Å². The van der Waals surface area contributed by atoms with Crippen molar-refractivity contribution in [3.05, 3.63) is 60.2 Å². The molecule has 2 aromatic rings. The minimum absolute atomic E-state index is 0.337. The predicted molar refractivity (Wildman–Crippen MR) is 68.9 cm³/mol. The van der Waals surface area contributed by atoms with Crippen LogP contribution in [-0.2, 0) is 9.78 Å². The molecule has 0 spiro atoms. The largest absolute Gasteiger partial charge is 0.373 e. The molecule has 0 bridgehead atoms. The Bertz CT molecular complexity index is 520. The van der Waals surface area contributed by atoms with Gasteiger partial charge >= 0.3 is 5.97 Å². The third-order valence-corrected chi connectivity index (χ3v) is 2.46. The summed E-state index contributed by atoms with van der Waals surface area (Å²) in [6.45, 7) is 2.10. The Morgan fingerprint density at radius 1 is 1.00 bits per heavy atom. The molecular weight excluding hydrogens is 228 g/mol. The van der Waals surface area contributed by atoms with E-state index in [1.165, 1.54) is 0 Å². The molecule has 0 heterocycles. The molecule has 18 heavy (non-hydrogen) atoms. The molecule has 0 aliphatic carbocycles. The van der Waals surface area contributed by atoms with E-state index in [4.69, 9.17) is 0 Å². The number of hydrogen-bond donors (Lipinski definition) is 0. The van der Waals surface area contributed by atoms with Crippen LogP contribution in [-0.4, -0.2) is 12.6 Å². The van der Waals surface area contributed by atoms with Crippen molar-refractivity contribution in [3.63, 3.8) is 0 Å². The highest BCUT2D eigenvalue weighted by molar-refractivity contribution is 5.90. The maximum Gasteiger partial charge on any atom is 0.373 e. The van der Waals surface area contributed by atoms with E-state index >= 15 is 0 Å². The molecule has 0 radical (unpaired) electrons. The molecule has 92 valence electrons. The number of rotatable bonds is 4. The molecule has 0 unspecified atom stereocenters. The van der Waals surface area contributed by atoms with Crippen molar-refractivity contribution in [2.24, 2.45) is 0 Å². The Morgan fingerprint density at radius 3 is 2.44 bits per heavy atom. The van der Waals surface area contributed by atoms with Crippen molar-refractivity contribution in [2.45, 2.75) is 6.92 Å². The molecule has 0 N–H and O–H groups in total. The average Bonchev–Trinajstić information content (AvgIpc) is 2.46. The van der Waals surface area contributed by atoms with Crippen molar-refractivity contribution in [1.29, 1.82) is 0 Å². The number of carbonyl (C=O) groups is 1. The lowest BCUT2D eigenvalue weighted by Gasteiger charge is -2.04. The van der Waals surface area contributed by atoms with E-state index in [9.17, 15) is 4.79 Å². The summed E-state index contributed by atoms with van der Waals surface area (Å²) in [6.07, 6.45) is 0. The molecule has 3 heteroatoms. The van der Waals surface area contributed by atoms with Crippen molar-refractivity contribution in [2.75, 3.05) is 6.61 Å².